The minimum atomic E-state index is -3.79. The predicted molar refractivity (Wildman–Crippen MR) is 70.0 cm³/mol. The fraction of sp³-hybridized carbons (Fsp3) is 0.333. The van der Waals surface area contributed by atoms with Gasteiger partial charge in [0.25, 0.3) is 0 Å². The van der Waals surface area contributed by atoms with E-state index in [9.17, 15) is 13.2 Å². The zero-order valence-electron chi connectivity index (χ0n) is 10.1. The molecular weight excluding hydrogens is 286 g/mol. The monoisotopic (exact) mass is 297 g/mol. The second-order valence-corrected chi connectivity index (χ2v) is 6.27. The SMILES string of the molecule is Nc1nc(N2CC(S(N)(=O)=O)CC2=O)nc2nc[nH]c12. The standard InChI is InChI=1S/C9H11N7O3S/c10-7-6-8(13-3-12-6)15-9(14-7)16-2-4(1-5(16)17)20(11,18)19/h3-4H,1-2H2,(H2,11,18,19)(H3,10,12,13,14,15). The van der Waals surface area contributed by atoms with Gasteiger partial charge in [0.2, 0.25) is 21.9 Å². The summed E-state index contributed by atoms with van der Waals surface area (Å²) in [6, 6.07) is 0. The number of nitrogens with one attached hydrogen (secondary N) is 1. The highest BCUT2D eigenvalue weighted by atomic mass is 32.2. The first-order valence-corrected chi connectivity index (χ1v) is 7.26. The van der Waals surface area contributed by atoms with Crippen LogP contribution in [0.3, 0.4) is 0 Å². The van der Waals surface area contributed by atoms with Gasteiger partial charge in [-0.3, -0.25) is 9.69 Å². The van der Waals surface area contributed by atoms with Gasteiger partial charge in [-0.2, -0.15) is 9.97 Å². The van der Waals surface area contributed by atoms with E-state index in [4.69, 9.17) is 10.9 Å². The van der Waals surface area contributed by atoms with Gasteiger partial charge in [-0.1, -0.05) is 0 Å². The number of sulfonamides is 1. The number of aromatic nitrogens is 4. The number of amides is 1. The number of nitrogens with two attached hydrogens (primary N) is 2. The Bertz CT molecular complexity index is 799. The van der Waals surface area contributed by atoms with Gasteiger partial charge in [0, 0.05) is 13.0 Å². The number of nitrogen functional groups attached to an aromatic ring is 1. The third-order valence-electron chi connectivity index (χ3n) is 3.10. The fourth-order valence-corrected chi connectivity index (χ4v) is 2.78. The fourth-order valence-electron chi connectivity index (χ4n) is 2.05. The van der Waals surface area contributed by atoms with Crippen molar-refractivity contribution in [3.8, 4) is 0 Å². The lowest BCUT2D eigenvalue weighted by Crippen LogP contribution is -2.32. The van der Waals surface area contributed by atoms with E-state index < -0.39 is 21.2 Å². The Balaban J connectivity index is 2.01. The molecule has 0 bridgehead atoms. The molecule has 1 aliphatic rings. The van der Waals surface area contributed by atoms with Crippen molar-refractivity contribution >= 4 is 38.9 Å². The molecule has 1 fully saturated rings. The molecule has 0 spiro atoms. The molecule has 2 aromatic rings. The molecule has 20 heavy (non-hydrogen) atoms. The van der Waals surface area contributed by atoms with Gasteiger partial charge in [0.15, 0.2) is 11.5 Å². The second-order valence-electron chi connectivity index (χ2n) is 4.43. The van der Waals surface area contributed by atoms with Crippen molar-refractivity contribution in [1.29, 1.82) is 0 Å². The van der Waals surface area contributed by atoms with Gasteiger partial charge in [-0.15, -0.1) is 0 Å². The van der Waals surface area contributed by atoms with E-state index in [2.05, 4.69) is 19.9 Å². The molecule has 0 saturated carbocycles. The zero-order valence-corrected chi connectivity index (χ0v) is 11.0. The molecule has 3 rings (SSSR count). The first kappa shape index (κ1) is 12.7. The van der Waals surface area contributed by atoms with Crippen LogP contribution in [0.2, 0.25) is 0 Å². The van der Waals surface area contributed by atoms with Gasteiger partial charge in [-0.25, -0.2) is 18.5 Å². The van der Waals surface area contributed by atoms with E-state index in [1.165, 1.54) is 6.33 Å². The molecule has 1 aliphatic heterocycles. The number of rotatable bonds is 2. The average molecular weight is 297 g/mol. The third-order valence-corrected chi connectivity index (χ3v) is 4.34. The van der Waals surface area contributed by atoms with Crippen molar-refractivity contribution < 1.29 is 13.2 Å². The number of aromatic amines is 1. The first-order chi connectivity index (χ1) is 9.36. The minimum absolute atomic E-state index is 0.0262. The summed E-state index contributed by atoms with van der Waals surface area (Å²) < 4.78 is 22.6. The van der Waals surface area contributed by atoms with E-state index in [1.807, 2.05) is 0 Å². The predicted octanol–water partition coefficient (Wildman–Crippen LogP) is -1.67. The number of fused-ring (bicyclic) bond motifs is 1. The molecule has 10 nitrogen and oxygen atoms in total. The summed E-state index contributed by atoms with van der Waals surface area (Å²) in [5.74, 6) is -0.258. The summed E-state index contributed by atoms with van der Waals surface area (Å²) >= 11 is 0. The summed E-state index contributed by atoms with van der Waals surface area (Å²) in [4.78, 5) is 27.8. The highest BCUT2D eigenvalue weighted by molar-refractivity contribution is 7.89. The van der Waals surface area contributed by atoms with Crippen LogP contribution < -0.4 is 15.8 Å². The first-order valence-electron chi connectivity index (χ1n) is 5.65. The van der Waals surface area contributed by atoms with Gasteiger partial charge in [0.1, 0.15) is 10.8 Å². The molecule has 1 atom stereocenters. The van der Waals surface area contributed by atoms with Crippen molar-refractivity contribution in [3.63, 3.8) is 0 Å². The van der Waals surface area contributed by atoms with E-state index >= 15 is 0 Å². The summed E-state index contributed by atoms with van der Waals surface area (Å²) in [5.41, 5.74) is 6.50. The Morgan fingerprint density at radius 1 is 1.40 bits per heavy atom. The number of H-pyrrole nitrogens is 1. The Labute approximate surface area is 113 Å². The number of carbonyl (C=O) groups is 1. The molecule has 0 radical (unpaired) electrons. The Kier molecular flexibility index (Phi) is 2.62. The van der Waals surface area contributed by atoms with E-state index in [-0.39, 0.29) is 24.7 Å². The number of nitrogens with zero attached hydrogens (tertiary/aromatic N) is 4. The van der Waals surface area contributed by atoms with E-state index in [0.717, 1.165) is 4.90 Å². The van der Waals surface area contributed by atoms with Crippen molar-refractivity contribution in [1.82, 2.24) is 19.9 Å². The molecule has 5 N–H and O–H groups in total. The van der Waals surface area contributed by atoms with Crippen LogP contribution in [0.4, 0.5) is 11.8 Å². The summed E-state index contributed by atoms with van der Waals surface area (Å²) in [6.07, 6.45) is 1.21. The molecule has 1 saturated heterocycles. The van der Waals surface area contributed by atoms with Crippen LogP contribution in [0.1, 0.15) is 6.42 Å². The lowest BCUT2D eigenvalue weighted by Gasteiger charge is -2.14. The largest absolute Gasteiger partial charge is 0.382 e. The zero-order chi connectivity index (χ0) is 14.5. The average Bonchev–Trinajstić information content (AvgIpc) is 2.94. The Morgan fingerprint density at radius 2 is 2.15 bits per heavy atom. The molecule has 1 unspecified atom stereocenters. The number of hydrogen-bond donors (Lipinski definition) is 3. The summed E-state index contributed by atoms with van der Waals surface area (Å²) in [6.45, 7) is -0.0902. The van der Waals surface area contributed by atoms with Gasteiger partial charge < -0.3 is 10.7 Å². The molecule has 2 aromatic heterocycles. The van der Waals surface area contributed by atoms with E-state index in [1.54, 1.807) is 0 Å². The van der Waals surface area contributed by atoms with E-state index in [0.29, 0.717) is 11.2 Å². The normalized spacial score (nSPS) is 19.9. The van der Waals surface area contributed by atoms with Crippen LogP contribution in [0, 0.1) is 0 Å². The smallest absolute Gasteiger partial charge is 0.236 e. The number of imidazole rings is 1. The third kappa shape index (κ3) is 1.96. The van der Waals surface area contributed by atoms with Crippen LogP contribution in [0.25, 0.3) is 11.2 Å². The molecule has 3 heterocycles. The van der Waals surface area contributed by atoms with Crippen molar-refractivity contribution in [2.24, 2.45) is 5.14 Å². The maximum Gasteiger partial charge on any atom is 0.236 e. The molecule has 0 aromatic carbocycles. The second kappa shape index (κ2) is 4.11. The summed E-state index contributed by atoms with van der Waals surface area (Å²) in [5, 5.41) is 4.09. The Hall–Kier alpha value is -2.27. The number of anilines is 2. The van der Waals surface area contributed by atoms with Crippen molar-refractivity contribution in [2.75, 3.05) is 17.2 Å². The van der Waals surface area contributed by atoms with Crippen LogP contribution in [-0.2, 0) is 14.8 Å². The summed E-state index contributed by atoms with van der Waals surface area (Å²) in [7, 11) is -3.79. The topological polar surface area (TPSA) is 161 Å². The quantitative estimate of drug-likeness (QED) is 0.596. The van der Waals surface area contributed by atoms with Gasteiger partial charge in [0.05, 0.1) is 6.33 Å². The highest BCUT2D eigenvalue weighted by Crippen LogP contribution is 2.24. The van der Waals surface area contributed by atoms with Crippen LogP contribution >= 0.6 is 0 Å². The maximum absolute atomic E-state index is 11.9. The van der Waals surface area contributed by atoms with Crippen LogP contribution in [0.5, 0.6) is 0 Å². The van der Waals surface area contributed by atoms with Crippen LogP contribution in [0.15, 0.2) is 6.33 Å². The maximum atomic E-state index is 11.9. The minimum Gasteiger partial charge on any atom is -0.382 e. The lowest BCUT2D eigenvalue weighted by molar-refractivity contribution is -0.117. The number of hydrogen-bond acceptors (Lipinski definition) is 7. The molecule has 11 heteroatoms. The van der Waals surface area contributed by atoms with Crippen LogP contribution in [-0.4, -0.2) is 46.1 Å². The van der Waals surface area contributed by atoms with Gasteiger partial charge >= 0.3 is 0 Å². The highest BCUT2D eigenvalue weighted by Gasteiger charge is 2.38. The lowest BCUT2D eigenvalue weighted by atomic mass is 10.4. The molecule has 106 valence electrons. The van der Waals surface area contributed by atoms with Crippen molar-refractivity contribution in [2.45, 2.75) is 11.7 Å². The molecular formula is C9H11N7O3S. The molecule has 1 amide bonds. The number of carbonyl (C=O) groups excluding carboxylic acids is 1. The Morgan fingerprint density at radius 3 is 2.80 bits per heavy atom. The van der Waals surface area contributed by atoms with Crippen molar-refractivity contribution in [3.05, 3.63) is 6.33 Å². The molecule has 0 aliphatic carbocycles. The number of primary sulfonamides is 1. The van der Waals surface area contributed by atoms with Gasteiger partial charge in [-0.05, 0) is 0 Å².